The monoisotopic (exact) mass is 246 g/mol. The highest BCUT2D eigenvalue weighted by molar-refractivity contribution is 5.33. The molecule has 96 valence electrons. The molecule has 0 amide bonds. The quantitative estimate of drug-likeness (QED) is 0.878. The Balaban J connectivity index is 1.98. The average molecular weight is 246 g/mol. The number of hydrogen-bond acceptors (Lipinski definition) is 5. The normalized spacial score (nSPS) is 22.7. The lowest BCUT2D eigenvalue weighted by atomic mass is 10.00. The Morgan fingerprint density at radius 2 is 2.39 bits per heavy atom. The summed E-state index contributed by atoms with van der Waals surface area (Å²) in [5.74, 6) is 1.04. The predicted molar refractivity (Wildman–Crippen MR) is 68.1 cm³/mol. The minimum Gasteiger partial charge on any atom is -0.378 e. The van der Waals surface area contributed by atoms with Gasteiger partial charge in [-0.1, -0.05) is 6.92 Å². The van der Waals surface area contributed by atoms with Gasteiger partial charge in [-0.25, -0.2) is 9.97 Å². The van der Waals surface area contributed by atoms with E-state index in [-0.39, 0.29) is 0 Å². The molecule has 0 aromatic carbocycles. The summed E-state index contributed by atoms with van der Waals surface area (Å²) in [7, 11) is 0. The molecule has 1 aromatic heterocycles. The number of rotatable bonds is 4. The topological polar surface area (TPSA) is 70.8 Å². The maximum atomic E-state index is 8.86. The van der Waals surface area contributed by atoms with Crippen LogP contribution in [0.25, 0.3) is 0 Å². The van der Waals surface area contributed by atoms with E-state index in [1.54, 1.807) is 6.07 Å². The number of aromatic nitrogens is 2. The number of nitriles is 1. The molecule has 1 saturated heterocycles. The van der Waals surface area contributed by atoms with Crippen molar-refractivity contribution < 1.29 is 4.74 Å². The third kappa shape index (κ3) is 2.96. The molecule has 2 atom stereocenters. The van der Waals surface area contributed by atoms with Gasteiger partial charge in [-0.05, 0) is 25.8 Å². The lowest BCUT2D eigenvalue weighted by Gasteiger charge is -2.17. The Morgan fingerprint density at radius 1 is 1.56 bits per heavy atom. The molecule has 1 aliphatic heterocycles. The van der Waals surface area contributed by atoms with Gasteiger partial charge in [0.2, 0.25) is 5.95 Å². The minimum absolute atomic E-state index is 0.331. The summed E-state index contributed by atoms with van der Waals surface area (Å²) in [6, 6.07) is 3.72. The van der Waals surface area contributed by atoms with Gasteiger partial charge in [0.15, 0.2) is 0 Å². The van der Waals surface area contributed by atoms with Crippen LogP contribution in [-0.4, -0.2) is 29.2 Å². The zero-order chi connectivity index (χ0) is 13.0. The number of nitrogens with zero attached hydrogens (tertiary/aromatic N) is 3. The second kappa shape index (κ2) is 5.78. The summed E-state index contributed by atoms with van der Waals surface area (Å²) in [5, 5.41) is 12.1. The van der Waals surface area contributed by atoms with Gasteiger partial charge in [0.05, 0.1) is 6.10 Å². The maximum absolute atomic E-state index is 8.86. The van der Waals surface area contributed by atoms with Crippen molar-refractivity contribution in [3.8, 4) is 6.07 Å². The Bertz CT molecular complexity index is 455. The molecule has 18 heavy (non-hydrogen) atoms. The van der Waals surface area contributed by atoms with Crippen molar-refractivity contribution in [2.75, 3.05) is 18.5 Å². The van der Waals surface area contributed by atoms with Crippen LogP contribution < -0.4 is 5.32 Å². The van der Waals surface area contributed by atoms with Crippen molar-refractivity contribution in [3.63, 3.8) is 0 Å². The number of anilines is 1. The molecule has 2 rings (SSSR count). The molecule has 0 radical (unpaired) electrons. The highest BCUT2D eigenvalue weighted by Gasteiger charge is 2.26. The molecule has 0 aliphatic carbocycles. The van der Waals surface area contributed by atoms with Gasteiger partial charge in [-0.3, -0.25) is 0 Å². The number of aryl methyl sites for hydroxylation is 1. The molecule has 1 aromatic rings. The second-order valence-electron chi connectivity index (χ2n) is 4.58. The fraction of sp³-hybridized carbons (Fsp3) is 0.615. The van der Waals surface area contributed by atoms with Gasteiger partial charge in [-0.2, -0.15) is 5.26 Å². The largest absolute Gasteiger partial charge is 0.378 e. The molecule has 1 fully saturated rings. The molecule has 0 saturated carbocycles. The molecule has 0 spiro atoms. The molecular weight excluding hydrogens is 228 g/mol. The van der Waals surface area contributed by atoms with E-state index in [9.17, 15) is 0 Å². The Hall–Kier alpha value is -1.67. The van der Waals surface area contributed by atoms with Crippen molar-refractivity contribution in [1.82, 2.24) is 9.97 Å². The van der Waals surface area contributed by atoms with E-state index < -0.39 is 0 Å². The molecule has 1 aliphatic rings. The van der Waals surface area contributed by atoms with E-state index in [1.165, 1.54) is 0 Å². The predicted octanol–water partition coefficient (Wildman–Crippen LogP) is 1.88. The van der Waals surface area contributed by atoms with Gasteiger partial charge in [0.25, 0.3) is 0 Å². The highest BCUT2D eigenvalue weighted by atomic mass is 16.5. The fourth-order valence-corrected chi connectivity index (χ4v) is 2.30. The summed E-state index contributed by atoms with van der Waals surface area (Å²) < 4.78 is 5.64. The highest BCUT2D eigenvalue weighted by Crippen LogP contribution is 2.23. The van der Waals surface area contributed by atoms with Crippen molar-refractivity contribution in [2.45, 2.75) is 32.8 Å². The second-order valence-corrected chi connectivity index (χ2v) is 4.58. The van der Waals surface area contributed by atoms with Crippen molar-refractivity contribution >= 4 is 5.95 Å². The van der Waals surface area contributed by atoms with Crippen LogP contribution in [0, 0.1) is 24.2 Å². The first-order valence-electron chi connectivity index (χ1n) is 6.34. The number of ether oxygens (including phenoxy) is 1. The van der Waals surface area contributed by atoms with E-state index in [0.29, 0.717) is 23.7 Å². The third-order valence-electron chi connectivity index (χ3n) is 3.24. The third-order valence-corrected chi connectivity index (χ3v) is 3.24. The fourth-order valence-electron chi connectivity index (χ4n) is 2.30. The van der Waals surface area contributed by atoms with E-state index in [0.717, 1.165) is 31.7 Å². The van der Waals surface area contributed by atoms with Gasteiger partial charge >= 0.3 is 0 Å². The van der Waals surface area contributed by atoms with Crippen molar-refractivity contribution in [1.29, 1.82) is 5.26 Å². The van der Waals surface area contributed by atoms with E-state index in [2.05, 4.69) is 22.2 Å². The minimum atomic E-state index is 0.331. The van der Waals surface area contributed by atoms with Crippen LogP contribution in [0.15, 0.2) is 6.07 Å². The van der Waals surface area contributed by atoms with Gasteiger partial charge in [0.1, 0.15) is 11.8 Å². The summed E-state index contributed by atoms with van der Waals surface area (Å²) in [5.41, 5.74) is 1.21. The van der Waals surface area contributed by atoms with Crippen LogP contribution in [0.1, 0.15) is 31.2 Å². The first-order chi connectivity index (χ1) is 8.72. The van der Waals surface area contributed by atoms with Gasteiger partial charge < -0.3 is 10.1 Å². The molecular formula is C13H18N4O. The average Bonchev–Trinajstić information content (AvgIpc) is 2.83. The zero-order valence-electron chi connectivity index (χ0n) is 10.8. The Kier molecular flexibility index (Phi) is 4.11. The van der Waals surface area contributed by atoms with Gasteiger partial charge in [-0.15, -0.1) is 0 Å². The van der Waals surface area contributed by atoms with Crippen LogP contribution in [0.5, 0.6) is 0 Å². The number of hydrogen-bond donors (Lipinski definition) is 1. The van der Waals surface area contributed by atoms with E-state index in [1.807, 2.05) is 13.0 Å². The maximum Gasteiger partial charge on any atom is 0.224 e. The van der Waals surface area contributed by atoms with Crippen LogP contribution in [0.4, 0.5) is 5.95 Å². The first-order valence-corrected chi connectivity index (χ1v) is 6.34. The van der Waals surface area contributed by atoms with Crippen molar-refractivity contribution in [2.24, 2.45) is 5.92 Å². The zero-order valence-corrected chi connectivity index (χ0v) is 10.8. The molecule has 2 heterocycles. The Labute approximate surface area is 107 Å². The van der Waals surface area contributed by atoms with E-state index >= 15 is 0 Å². The lowest BCUT2D eigenvalue weighted by Crippen LogP contribution is -2.23. The molecule has 1 N–H and O–H groups in total. The Morgan fingerprint density at radius 3 is 3.11 bits per heavy atom. The van der Waals surface area contributed by atoms with E-state index in [4.69, 9.17) is 10.00 Å². The molecule has 5 nitrogen and oxygen atoms in total. The van der Waals surface area contributed by atoms with Gasteiger partial charge in [0, 0.05) is 24.8 Å². The number of nitrogens with one attached hydrogen (secondary N) is 1. The summed E-state index contributed by atoms with van der Waals surface area (Å²) in [6.45, 7) is 5.64. The molecule has 5 heteroatoms. The van der Waals surface area contributed by atoms with Crippen LogP contribution >= 0.6 is 0 Å². The molecule has 2 unspecified atom stereocenters. The summed E-state index contributed by atoms with van der Waals surface area (Å²) >= 11 is 0. The standard InChI is InChI=1S/C13H18N4O/c1-3-12-10(4-5-18-12)8-15-13-16-9(2)6-11(7-14)17-13/h6,10,12H,3-5,8H2,1-2H3,(H,15,16,17). The first kappa shape index (κ1) is 12.8. The lowest BCUT2D eigenvalue weighted by molar-refractivity contribution is 0.0900. The smallest absolute Gasteiger partial charge is 0.224 e. The van der Waals surface area contributed by atoms with Crippen LogP contribution in [-0.2, 0) is 4.74 Å². The van der Waals surface area contributed by atoms with Crippen molar-refractivity contribution in [3.05, 3.63) is 17.5 Å². The molecule has 0 bridgehead atoms. The van der Waals surface area contributed by atoms with Crippen LogP contribution in [0.2, 0.25) is 0 Å². The summed E-state index contributed by atoms with van der Waals surface area (Å²) in [4.78, 5) is 8.42. The SMILES string of the molecule is CCC1OCCC1CNc1nc(C)cc(C#N)n1. The summed E-state index contributed by atoms with van der Waals surface area (Å²) in [6.07, 6.45) is 2.44. The van der Waals surface area contributed by atoms with Crippen LogP contribution in [0.3, 0.4) is 0 Å².